The molecule has 0 aliphatic heterocycles. The number of hydrogen-bond acceptors (Lipinski definition) is 4. The highest BCUT2D eigenvalue weighted by Gasteiger charge is 2.15. The van der Waals surface area contributed by atoms with E-state index in [0.29, 0.717) is 27.6 Å². The van der Waals surface area contributed by atoms with Crippen molar-refractivity contribution < 1.29 is 9.34 Å². The van der Waals surface area contributed by atoms with Crippen LogP contribution in [0.4, 0.5) is 5.69 Å². The first kappa shape index (κ1) is 12.6. The van der Waals surface area contributed by atoms with E-state index in [9.17, 15) is 10.1 Å². The molecule has 3 aromatic rings. The van der Waals surface area contributed by atoms with Crippen LogP contribution in [0.2, 0.25) is 5.02 Å². The van der Waals surface area contributed by atoms with Gasteiger partial charge in [-0.2, -0.15) is 0 Å². The predicted octanol–water partition coefficient (Wildman–Crippen LogP) is 4.36. The number of benzene rings is 2. The first-order chi connectivity index (χ1) is 9.54. The molecule has 0 amide bonds. The number of nitro benzene ring substituents is 1. The number of nitrogens with zero attached hydrogens (tertiary/aromatic N) is 2. The van der Waals surface area contributed by atoms with Gasteiger partial charge in [-0.1, -0.05) is 17.7 Å². The van der Waals surface area contributed by atoms with Gasteiger partial charge in [-0.15, -0.1) is 0 Å². The highest BCUT2D eigenvalue weighted by Crippen LogP contribution is 2.30. The number of hydrogen-bond donors (Lipinski definition) is 0. The number of aromatic nitrogens is 1. The first-order valence-corrected chi connectivity index (χ1v) is 6.24. The lowest BCUT2D eigenvalue weighted by atomic mass is 10.2. The maximum atomic E-state index is 10.8. The van der Waals surface area contributed by atoms with Gasteiger partial charge in [0.15, 0.2) is 5.58 Å². The highest BCUT2D eigenvalue weighted by molar-refractivity contribution is 6.30. The minimum Gasteiger partial charge on any atom is -0.436 e. The van der Waals surface area contributed by atoms with E-state index in [1.807, 2.05) is 6.07 Å². The fourth-order valence-electron chi connectivity index (χ4n) is 2.03. The van der Waals surface area contributed by atoms with Crippen LogP contribution in [0, 0.1) is 17.0 Å². The minimum absolute atomic E-state index is 0.000874. The average Bonchev–Trinajstić information content (AvgIpc) is 2.83. The smallest absolute Gasteiger partial charge is 0.272 e. The maximum Gasteiger partial charge on any atom is 0.272 e. The minimum atomic E-state index is -0.444. The van der Waals surface area contributed by atoms with Crippen molar-refractivity contribution in [1.29, 1.82) is 0 Å². The van der Waals surface area contributed by atoms with Gasteiger partial charge in [0, 0.05) is 28.3 Å². The summed E-state index contributed by atoms with van der Waals surface area (Å²) in [6, 6.07) is 9.97. The van der Waals surface area contributed by atoms with Crippen LogP contribution < -0.4 is 0 Å². The van der Waals surface area contributed by atoms with Crippen LogP contribution in [0.3, 0.4) is 0 Å². The summed E-state index contributed by atoms with van der Waals surface area (Å²) in [5, 5.41) is 11.4. The number of oxazole rings is 1. The number of non-ortho nitro benzene ring substituents is 1. The van der Waals surface area contributed by atoms with E-state index in [1.54, 1.807) is 25.1 Å². The molecule has 100 valence electrons. The van der Waals surface area contributed by atoms with E-state index in [1.165, 1.54) is 12.1 Å². The molecular weight excluding hydrogens is 280 g/mol. The van der Waals surface area contributed by atoms with Gasteiger partial charge in [0.2, 0.25) is 5.89 Å². The van der Waals surface area contributed by atoms with Crippen molar-refractivity contribution >= 4 is 28.4 Å². The normalized spacial score (nSPS) is 10.9. The Morgan fingerprint density at radius 1 is 1.30 bits per heavy atom. The fourth-order valence-corrected chi connectivity index (χ4v) is 2.22. The van der Waals surface area contributed by atoms with Crippen LogP contribution in [0.25, 0.3) is 22.6 Å². The van der Waals surface area contributed by atoms with Gasteiger partial charge >= 0.3 is 0 Å². The molecule has 1 heterocycles. The number of fused-ring (bicyclic) bond motifs is 1. The molecule has 0 N–H and O–H groups in total. The Balaban J connectivity index is 2.20. The zero-order valence-corrected chi connectivity index (χ0v) is 11.2. The van der Waals surface area contributed by atoms with E-state index < -0.39 is 4.92 Å². The van der Waals surface area contributed by atoms with Crippen molar-refractivity contribution in [1.82, 2.24) is 4.98 Å². The molecule has 0 saturated carbocycles. The standard InChI is InChI=1S/C14H9ClN2O3/c1-8-5-11(17(18)19)7-12-13(8)20-14(16-12)9-3-2-4-10(15)6-9/h2-7H,1H3. The Morgan fingerprint density at radius 2 is 2.10 bits per heavy atom. The topological polar surface area (TPSA) is 69.2 Å². The van der Waals surface area contributed by atoms with Crippen molar-refractivity contribution in [3.8, 4) is 11.5 Å². The summed E-state index contributed by atoms with van der Waals surface area (Å²) in [6.07, 6.45) is 0. The van der Waals surface area contributed by atoms with Crippen molar-refractivity contribution in [2.45, 2.75) is 6.92 Å². The summed E-state index contributed by atoms with van der Waals surface area (Å²) >= 11 is 5.93. The largest absolute Gasteiger partial charge is 0.436 e. The molecule has 0 fully saturated rings. The second-order valence-electron chi connectivity index (χ2n) is 4.40. The summed E-state index contributed by atoms with van der Waals surface area (Å²) in [4.78, 5) is 14.7. The van der Waals surface area contributed by atoms with Crippen LogP contribution in [-0.2, 0) is 0 Å². The van der Waals surface area contributed by atoms with Gasteiger partial charge < -0.3 is 4.42 Å². The van der Waals surface area contributed by atoms with E-state index >= 15 is 0 Å². The quantitative estimate of drug-likeness (QED) is 0.519. The Morgan fingerprint density at radius 3 is 2.80 bits per heavy atom. The summed E-state index contributed by atoms with van der Waals surface area (Å²) < 4.78 is 5.68. The molecule has 0 saturated heterocycles. The zero-order valence-electron chi connectivity index (χ0n) is 10.5. The first-order valence-electron chi connectivity index (χ1n) is 5.86. The van der Waals surface area contributed by atoms with Crippen LogP contribution in [-0.4, -0.2) is 9.91 Å². The molecule has 0 aliphatic rings. The second-order valence-corrected chi connectivity index (χ2v) is 4.83. The number of nitro groups is 1. The molecule has 0 aliphatic carbocycles. The van der Waals surface area contributed by atoms with Crippen LogP contribution >= 0.6 is 11.6 Å². The Bertz CT molecular complexity index is 826. The molecule has 3 rings (SSSR count). The fraction of sp³-hybridized carbons (Fsp3) is 0.0714. The molecule has 0 radical (unpaired) electrons. The molecule has 20 heavy (non-hydrogen) atoms. The number of aryl methyl sites for hydroxylation is 1. The van der Waals surface area contributed by atoms with Gasteiger partial charge in [-0.05, 0) is 25.1 Å². The predicted molar refractivity (Wildman–Crippen MR) is 75.8 cm³/mol. The lowest BCUT2D eigenvalue weighted by Gasteiger charge is -1.95. The summed E-state index contributed by atoms with van der Waals surface area (Å²) in [7, 11) is 0. The van der Waals surface area contributed by atoms with E-state index in [4.69, 9.17) is 16.0 Å². The lowest BCUT2D eigenvalue weighted by molar-refractivity contribution is -0.384. The van der Waals surface area contributed by atoms with Gasteiger partial charge in [0.05, 0.1) is 4.92 Å². The van der Waals surface area contributed by atoms with Gasteiger partial charge in [0.25, 0.3) is 5.69 Å². The van der Waals surface area contributed by atoms with E-state index in [0.717, 1.165) is 5.56 Å². The molecule has 0 spiro atoms. The SMILES string of the molecule is Cc1cc([N+](=O)[O-])cc2nc(-c3cccc(Cl)c3)oc12. The third kappa shape index (κ3) is 2.12. The van der Waals surface area contributed by atoms with Crippen LogP contribution in [0.1, 0.15) is 5.56 Å². The second kappa shape index (κ2) is 4.61. The molecule has 0 atom stereocenters. The van der Waals surface area contributed by atoms with Crippen molar-refractivity contribution in [2.24, 2.45) is 0 Å². The number of halogens is 1. The van der Waals surface area contributed by atoms with Crippen LogP contribution in [0.5, 0.6) is 0 Å². The van der Waals surface area contributed by atoms with E-state index in [-0.39, 0.29) is 5.69 Å². The molecule has 1 aromatic heterocycles. The zero-order chi connectivity index (χ0) is 14.3. The molecule has 0 unspecified atom stereocenters. The molecule has 5 nitrogen and oxygen atoms in total. The Hall–Kier alpha value is -2.40. The highest BCUT2D eigenvalue weighted by atomic mass is 35.5. The maximum absolute atomic E-state index is 10.8. The summed E-state index contributed by atoms with van der Waals surface area (Å²) in [6.45, 7) is 1.75. The third-order valence-corrected chi connectivity index (χ3v) is 3.18. The lowest BCUT2D eigenvalue weighted by Crippen LogP contribution is -1.88. The van der Waals surface area contributed by atoms with Crippen molar-refractivity contribution in [3.63, 3.8) is 0 Å². The Kier molecular flexibility index (Phi) is 2.91. The monoisotopic (exact) mass is 288 g/mol. The molecule has 2 aromatic carbocycles. The number of rotatable bonds is 2. The van der Waals surface area contributed by atoms with Gasteiger partial charge in [0.1, 0.15) is 5.52 Å². The molecule has 6 heteroatoms. The Labute approximate surface area is 119 Å². The van der Waals surface area contributed by atoms with E-state index in [2.05, 4.69) is 4.98 Å². The van der Waals surface area contributed by atoms with Crippen molar-refractivity contribution in [3.05, 3.63) is 57.1 Å². The van der Waals surface area contributed by atoms with Crippen molar-refractivity contribution in [2.75, 3.05) is 0 Å². The van der Waals surface area contributed by atoms with Gasteiger partial charge in [-0.3, -0.25) is 10.1 Å². The third-order valence-electron chi connectivity index (χ3n) is 2.94. The molecule has 0 bridgehead atoms. The summed E-state index contributed by atoms with van der Waals surface area (Å²) in [5.41, 5.74) is 2.42. The van der Waals surface area contributed by atoms with Crippen LogP contribution in [0.15, 0.2) is 40.8 Å². The summed E-state index contributed by atoms with van der Waals surface area (Å²) in [5.74, 6) is 0.395. The molecular formula is C14H9ClN2O3. The average molecular weight is 289 g/mol. The van der Waals surface area contributed by atoms with Gasteiger partial charge in [-0.25, -0.2) is 4.98 Å².